The molecule has 1 heterocycles. The predicted octanol–water partition coefficient (Wildman–Crippen LogP) is 1.69. The Morgan fingerprint density at radius 3 is 2.58 bits per heavy atom. The van der Waals surface area contributed by atoms with E-state index in [4.69, 9.17) is 9.47 Å². The lowest BCUT2D eigenvalue weighted by atomic mass is 9.48. The van der Waals surface area contributed by atoms with Gasteiger partial charge in [0.2, 0.25) is 5.91 Å². The Morgan fingerprint density at radius 2 is 1.97 bits per heavy atom. The molecule has 166 valence electrons. The number of rotatable bonds is 4. The fourth-order valence-corrected chi connectivity index (χ4v) is 8.75. The van der Waals surface area contributed by atoms with Gasteiger partial charge in [0.15, 0.2) is 17.0 Å². The summed E-state index contributed by atoms with van der Waals surface area (Å²) in [6.45, 7) is 2.25. The van der Waals surface area contributed by atoms with Crippen LogP contribution in [0.3, 0.4) is 0 Å². The smallest absolute Gasteiger partial charge is 0.325 e. The highest BCUT2D eigenvalue weighted by Gasteiger charge is 2.79. The van der Waals surface area contributed by atoms with Crippen molar-refractivity contribution in [2.24, 2.45) is 34.5 Å². The van der Waals surface area contributed by atoms with Crippen molar-refractivity contribution in [2.45, 2.75) is 36.7 Å². The summed E-state index contributed by atoms with van der Waals surface area (Å²) in [6.07, 6.45) is 7.09. The molecule has 7 nitrogen and oxygen atoms in total. The van der Waals surface area contributed by atoms with E-state index in [1.807, 2.05) is 13.0 Å². The monoisotopic (exact) mass is 491 g/mol. The molecule has 2 saturated carbocycles. The van der Waals surface area contributed by atoms with Gasteiger partial charge >= 0.3 is 5.97 Å². The van der Waals surface area contributed by atoms with Crippen molar-refractivity contribution in [3.05, 3.63) is 24.3 Å². The van der Waals surface area contributed by atoms with Crippen molar-refractivity contribution in [1.82, 2.24) is 4.90 Å². The van der Waals surface area contributed by atoms with Crippen LogP contribution in [-0.2, 0) is 28.7 Å². The van der Waals surface area contributed by atoms with Crippen LogP contribution in [0.4, 0.5) is 0 Å². The summed E-state index contributed by atoms with van der Waals surface area (Å²) in [5.74, 6) is -2.16. The first kappa shape index (κ1) is 21.1. The van der Waals surface area contributed by atoms with Crippen LogP contribution in [0.15, 0.2) is 24.3 Å². The van der Waals surface area contributed by atoms with Gasteiger partial charge in [-0.05, 0) is 37.8 Å². The molecule has 1 aliphatic heterocycles. The molecule has 0 N–H and O–H groups in total. The van der Waals surface area contributed by atoms with Crippen LogP contribution >= 0.6 is 15.9 Å². The molecule has 8 heteroatoms. The van der Waals surface area contributed by atoms with Crippen molar-refractivity contribution in [2.75, 3.05) is 20.8 Å². The first-order chi connectivity index (χ1) is 14.8. The SMILES string of the molecule is CCN1C(=O)C2(C(=O)OC)C=CC(=O)[C@@]3([C@@H]4C[C@H]5C(=O)C=CC4C5OC)C2C[C@@H](Br)[C@H]13. The van der Waals surface area contributed by atoms with Gasteiger partial charge in [0.05, 0.1) is 24.7 Å². The van der Waals surface area contributed by atoms with Crippen LogP contribution in [-0.4, -0.2) is 66.1 Å². The molecule has 1 saturated heterocycles. The van der Waals surface area contributed by atoms with E-state index in [9.17, 15) is 19.2 Å². The van der Waals surface area contributed by atoms with Crippen LogP contribution < -0.4 is 0 Å². The van der Waals surface area contributed by atoms with E-state index in [0.717, 1.165) is 0 Å². The topological polar surface area (TPSA) is 90.0 Å². The van der Waals surface area contributed by atoms with E-state index in [1.165, 1.54) is 19.3 Å². The molecule has 9 atom stereocenters. The summed E-state index contributed by atoms with van der Waals surface area (Å²) < 4.78 is 10.9. The second kappa shape index (κ2) is 6.85. The predicted molar refractivity (Wildman–Crippen MR) is 113 cm³/mol. The van der Waals surface area contributed by atoms with Gasteiger partial charge < -0.3 is 14.4 Å². The number of ketones is 2. The molecule has 6 bridgehead atoms. The van der Waals surface area contributed by atoms with E-state index >= 15 is 0 Å². The standard InChI is InChI=1S/C23H26BrNO6/c1-4-25-19-14(24)10-16-22(20(25)28,21(29)31-3)8-7-17(27)23(16,19)13-9-12-15(26)6-5-11(13)18(12)30-2/h5-8,11-14,16,18-19H,4,9-10H2,1-3H3/t11?,12-,13+,14+,16?,18?,19-,22?,23+/m0/s1. The number of methoxy groups -OCH3 is 2. The van der Waals surface area contributed by atoms with Gasteiger partial charge in [0.25, 0.3) is 0 Å². The molecular weight excluding hydrogens is 466 g/mol. The number of esters is 1. The summed E-state index contributed by atoms with van der Waals surface area (Å²) in [6, 6.07) is -0.393. The lowest BCUT2D eigenvalue weighted by molar-refractivity contribution is -0.185. The molecule has 31 heavy (non-hydrogen) atoms. The van der Waals surface area contributed by atoms with Gasteiger partial charge in [-0.2, -0.15) is 0 Å². The molecule has 5 aliphatic rings. The van der Waals surface area contributed by atoms with Crippen molar-refractivity contribution in [3.63, 3.8) is 0 Å². The van der Waals surface area contributed by atoms with Crippen LogP contribution in [0.1, 0.15) is 19.8 Å². The van der Waals surface area contributed by atoms with E-state index in [-0.39, 0.29) is 46.2 Å². The Kier molecular flexibility index (Phi) is 4.65. The number of hydrogen-bond donors (Lipinski definition) is 0. The van der Waals surface area contributed by atoms with Crippen molar-refractivity contribution >= 4 is 39.4 Å². The molecule has 0 spiro atoms. The molecule has 0 radical (unpaired) electrons. The zero-order valence-corrected chi connectivity index (χ0v) is 19.3. The van der Waals surface area contributed by atoms with E-state index in [2.05, 4.69) is 15.9 Å². The highest BCUT2D eigenvalue weighted by Crippen LogP contribution is 2.69. The number of likely N-dealkylation sites (tertiary alicyclic amines) is 1. The lowest BCUT2D eigenvalue weighted by Gasteiger charge is -2.58. The van der Waals surface area contributed by atoms with Gasteiger partial charge in [-0.15, -0.1) is 0 Å². The zero-order chi connectivity index (χ0) is 22.3. The van der Waals surface area contributed by atoms with E-state index < -0.39 is 28.8 Å². The minimum absolute atomic E-state index is 0.0157. The number of nitrogens with zero attached hydrogens (tertiary/aromatic N) is 1. The number of piperidine rings is 1. The number of fused-ring (bicyclic) bond motifs is 2. The fourth-order valence-electron chi connectivity index (χ4n) is 7.65. The number of hydrogen-bond acceptors (Lipinski definition) is 6. The van der Waals surface area contributed by atoms with Gasteiger partial charge in [-0.3, -0.25) is 19.2 Å². The van der Waals surface area contributed by atoms with Crippen LogP contribution in [0, 0.1) is 34.5 Å². The molecule has 0 aromatic carbocycles. The Bertz CT molecular complexity index is 944. The summed E-state index contributed by atoms with van der Waals surface area (Å²) in [4.78, 5) is 54.9. The number of ether oxygens (including phenoxy) is 2. The molecule has 3 fully saturated rings. The van der Waals surface area contributed by atoms with Crippen molar-refractivity contribution in [3.8, 4) is 0 Å². The Balaban J connectivity index is 1.76. The largest absolute Gasteiger partial charge is 0.468 e. The third kappa shape index (κ3) is 2.23. The summed E-state index contributed by atoms with van der Waals surface area (Å²) in [5, 5.41) is 0. The maximum atomic E-state index is 13.9. The third-order valence-electron chi connectivity index (χ3n) is 8.64. The fraction of sp³-hybridized carbons (Fsp3) is 0.652. The highest BCUT2D eigenvalue weighted by atomic mass is 79.9. The average molecular weight is 492 g/mol. The minimum atomic E-state index is -1.52. The van der Waals surface area contributed by atoms with Crippen molar-refractivity contribution < 1.29 is 28.7 Å². The summed E-state index contributed by atoms with van der Waals surface area (Å²) in [7, 11) is 2.88. The van der Waals surface area contributed by atoms with E-state index in [1.54, 1.807) is 18.1 Å². The molecular formula is C23H26BrNO6. The van der Waals surface area contributed by atoms with Crippen LogP contribution in [0.5, 0.6) is 0 Å². The molecule has 1 amide bonds. The number of allylic oxidation sites excluding steroid dienone is 2. The van der Waals surface area contributed by atoms with Crippen LogP contribution in [0.25, 0.3) is 0 Å². The lowest BCUT2D eigenvalue weighted by Crippen LogP contribution is -2.72. The second-order valence-electron chi connectivity index (χ2n) is 9.32. The Hall–Kier alpha value is -1.80. The Morgan fingerprint density at radius 1 is 1.23 bits per heavy atom. The maximum absolute atomic E-state index is 13.9. The quantitative estimate of drug-likeness (QED) is 0.337. The number of alkyl halides is 1. The molecule has 4 unspecified atom stereocenters. The van der Waals surface area contributed by atoms with Gasteiger partial charge in [-0.1, -0.05) is 28.1 Å². The van der Waals surface area contributed by atoms with Crippen molar-refractivity contribution in [1.29, 1.82) is 0 Å². The summed E-state index contributed by atoms with van der Waals surface area (Å²) in [5.41, 5.74) is -2.50. The molecule has 0 aromatic rings. The molecule has 4 aliphatic carbocycles. The van der Waals surface area contributed by atoms with Gasteiger partial charge in [-0.25, -0.2) is 0 Å². The van der Waals surface area contributed by atoms with E-state index in [0.29, 0.717) is 19.4 Å². The molecule has 0 aromatic heterocycles. The number of carbonyl (C=O) groups is 4. The van der Waals surface area contributed by atoms with Crippen LogP contribution in [0.2, 0.25) is 0 Å². The highest BCUT2D eigenvalue weighted by molar-refractivity contribution is 9.09. The molecule has 5 rings (SSSR count). The normalized spacial score (nSPS) is 47.3. The summed E-state index contributed by atoms with van der Waals surface area (Å²) >= 11 is 3.77. The minimum Gasteiger partial charge on any atom is -0.468 e. The van der Waals surface area contributed by atoms with Gasteiger partial charge in [0.1, 0.15) is 0 Å². The first-order valence-corrected chi connectivity index (χ1v) is 11.7. The number of amides is 1. The van der Waals surface area contributed by atoms with Gasteiger partial charge in [0, 0.05) is 36.2 Å². The third-order valence-corrected chi connectivity index (χ3v) is 9.51. The maximum Gasteiger partial charge on any atom is 0.325 e. The average Bonchev–Trinajstić information content (AvgIpc) is 3.20. The first-order valence-electron chi connectivity index (χ1n) is 10.8. The number of halogens is 1. The Labute approximate surface area is 189 Å². The zero-order valence-electron chi connectivity index (χ0n) is 17.7. The second-order valence-corrected chi connectivity index (χ2v) is 10.5. The number of carbonyl (C=O) groups excluding carboxylic acids is 4.